The average molecular weight is 494 g/mol. The molecule has 0 bridgehead atoms. The van der Waals surface area contributed by atoms with Crippen LogP contribution in [0.1, 0.15) is 25.7 Å². The third-order valence-corrected chi connectivity index (χ3v) is 4.58. The highest BCUT2D eigenvalue weighted by Crippen LogP contribution is 2.04. The summed E-state index contributed by atoms with van der Waals surface area (Å²) in [6, 6.07) is -5.37. The van der Waals surface area contributed by atoms with Gasteiger partial charge in [0.2, 0.25) is 17.7 Å². The Kier molecular flexibility index (Phi) is 14.2. The first kappa shape index (κ1) is 29.9. The number of aliphatic hydroxyl groups excluding tert-OH is 1. The third-order valence-electron chi connectivity index (χ3n) is 4.19. The number of aliphatic carboxylic acids is 2. The Morgan fingerprint density at radius 2 is 1.42 bits per heavy atom. The SMILES string of the molecule is NC(N)=NCCCC(NC(=O)C(CCC(=O)O)NC(=O)C(CO)NC(=O)C(N)CS)C(=O)O. The zero-order valence-electron chi connectivity index (χ0n) is 17.8. The summed E-state index contributed by atoms with van der Waals surface area (Å²) in [4.78, 5) is 63.0. The molecule has 0 aromatic heterocycles. The van der Waals surface area contributed by atoms with Gasteiger partial charge in [-0.3, -0.25) is 24.2 Å². The molecule has 4 atom stereocenters. The number of nitrogens with two attached hydrogens (primary N) is 3. The molecule has 0 radical (unpaired) electrons. The minimum atomic E-state index is -1.49. The maximum Gasteiger partial charge on any atom is 0.326 e. The number of carboxylic acids is 2. The Labute approximate surface area is 194 Å². The van der Waals surface area contributed by atoms with E-state index in [1.165, 1.54) is 0 Å². The number of aliphatic imine (C=N–C) groups is 1. The lowest BCUT2D eigenvalue weighted by Crippen LogP contribution is -2.58. The second-order valence-corrected chi connectivity index (χ2v) is 7.24. The number of nitrogens with one attached hydrogen (secondary N) is 3. The maximum absolute atomic E-state index is 12.6. The molecule has 0 saturated carbocycles. The van der Waals surface area contributed by atoms with Crippen LogP contribution in [0, 0.1) is 0 Å². The van der Waals surface area contributed by atoms with Crippen LogP contribution in [0.3, 0.4) is 0 Å². The molecule has 3 amide bonds. The molecular formula is C17H31N7O8S. The fourth-order valence-corrected chi connectivity index (χ4v) is 2.56. The van der Waals surface area contributed by atoms with Gasteiger partial charge in [0.15, 0.2) is 5.96 Å². The van der Waals surface area contributed by atoms with Crippen LogP contribution in [0.25, 0.3) is 0 Å². The van der Waals surface area contributed by atoms with Crippen molar-refractivity contribution < 1.29 is 39.3 Å². The van der Waals surface area contributed by atoms with Gasteiger partial charge in [0.05, 0.1) is 12.6 Å². The molecule has 0 heterocycles. The number of guanidine groups is 1. The lowest BCUT2D eigenvalue weighted by Gasteiger charge is -2.24. The highest BCUT2D eigenvalue weighted by atomic mass is 32.1. The highest BCUT2D eigenvalue weighted by Gasteiger charge is 2.30. The fraction of sp³-hybridized carbons (Fsp3) is 0.647. The van der Waals surface area contributed by atoms with Crippen LogP contribution in [0.5, 0.6) is 0 Å². The van der Waals surface area contributed by atoms with E-state index in [-0.39, 0.29) is 37.5 Å². The standard InChI is InChI=1S/C17H31N7O8S/c18-8(7-33)13(28)24-11(6-25)15(30)22-9(3-4-12(26)27)14(29)23-10(16(31)32)2-1-5-21-17(19)20/h8-11,25,33H,1-7,18H2,(H,22,30)(H,23,29)(H,24,28)(H,26,27)(H,31,32)(H4,19,20,21). The van der Waals surface area contributed by atoms with Crippen LogP contribution in [0.15, 0.2) is 4.99 Å². The van der Waals surface area contributed by atoms with Crippen LogP contribution in [-0.2, 0) is 24.0 Å². The van der Waals surface area contributed by atoms with E-state index < -0.39 is 66.9 Å². The van der Waals surface area contributed by atoms with Crippen molar-refractivity contribution in [3.8, 4) is 0 Å². The summed E-state index contributed by atoms with van der Waals surface area (Å²) in [6.45, 7) is -0.722. The summed E-state index contributed by atoms with van der Waals surface area (Å²) in [7, 11) is 0. The predicted octanol–water partition coefficient (Wildman–Crippen LogP) is -4.31. The van der Waals surface area contributed by atoms with E-state index in [4.69, 9.17) is 22.3 Å². The topological polar surface area (TPSA) is 273 Å². The largest absolute Gasteiger partial charge is 0.481 e. The van der Waals surface area contributed by atoms with Crippen LogP contribution < -0.4 is 33.2 Å². The first-order chi connectivity index (χ1) is 15.4. The normalized spacial score (nSPS) is 14.2. The van der Waals surface area contributed by atoms with Crippen molar-refractivity contribution in [2.45, 2.75) is 49.9 Å². The van der Waals surface area contributed by atoms with E-state index in [0.717, 1.165) is 0 Å². The van der Waals surface area contributed by atoms with Gasteiger partial charge in [0, 0.05) is 18.7 Å². The number of hydrogen-bond acceptors (Lipinski definition) is 9. The molecular weight excluding hydrogens is 462 g/mol. The Bertz CT molecular complexity index is 732. The smallest absolute Gasteiger partial charge is 0.326 e. The minimum Gasteiger partial charge on any atom is -0.481 e. The third kappa shape index (κ3) is 12.5. The van der Waals surface area contributed by atoms with Crippen LogP contribution >= 0.6 is 12.6 Å². The van der Waals surface area contributed by atoms with E-state index in [0.29, 0.717) is 0 Å². The second-order valence-electron chi connectivity index (χ2n) is 6.87. The predicted molar refractivity (Wildman–Crippen MR) is 119 cm³/mol. The Hall–Kier alpha value is -3.11. The molecule has 0 fully saturated rings. The molecule has 188 valence electrons. The number of rotatable bonds is 16. The van der Waals surface area contributed by atoms with Crippen molar-refractivity contribution in [3.63, 3.8) is 0 Å². The molecule has 0 aromatic rings. The summed E-state index contributed by atoms with van der Waals surface area (Å²) < 4.78 is 0. The van der Waals surface area contributed by atoms with E-state index >= 15 is 0 Å². The molecule has 0 aliphatic heterocycles. The van der Waals surface area contributed by atoms with E-state index in [1.807, 2.05) is 0 Å². The molecule has 15 nitrogen and oxygen atoms in total. The van der Waals surface area contributed by atoms with Gasteiger partial charge in [0.25, 0.3) is 0 Å². The molecule has 0 saturated heterocycles. The van der Waals surface area contributed by atoms with Crippen molar-refractivity contribution in [1.82, 2.24) is 16.0 Å². The zero-order chi connectivity index (χ0) is 25.6. The van der Waals surface area contributed by atoms with Crippen molar-refractivity contribution in [2.24, 2.45) is 22.2 Å². The fourth-order valence-electron chi connectivity index (χ4n) is 2.40. The molecule has 0 aliphatic carbocycles. The van der Waals surface area contributed by atoms with Gasteiger partial charge in [-0.05, 0) is 19.3 Å². The van der Waals surface area contributed by atoms with Gasteiger partial charge >= 0.3 is 11.9 Å². The van der Waals surface area contributed by atoms with Crippen molar-refractivity contribution >= 4 is 48.2 Å². The maximum atomic E-state index is 12.6. The Balaban J connectivity index is 5.29. The molecule has 16 heteroatoms. The first-order valence-electron chi connectivity index (χ1n) is 9.81. The van der Waals surface area contributed by atoms with Gasteiger partial charge in [-0.15, -0.1) is 0 Å². The molecule has 12 N–H and O–H groups in total. The molecule has 4 unspecified atom stereocenters. The number of aliphatic hydroxyl groups is 1. The first-order valence-corrected chi connectivity index (χ1v) is 10.4. The second kappa shape index (κ2) is 15.7. The number of carboxylic acid groups (broad SMARTS) is 2. The zero-order valence-corrected chi connectivity index (χ0v) is 18.7. The van der Waals surface area contributed by atoms with Gasteiger partial charge in [0.1, 0.15) is 18.1 Å². The van der Waals surface area contributed by atoms with Crippen molar-refractivity contribution in [1.29, 1.82) is 0 Å². The minimum absolute atomic E-state index is 0.0327. The number of amides is 3. The van der Waals surface area contributed by atoms with Gasteiger partial charge in [-0.25, -0.2) is 4.79 Å². The number of carbonyl (C=O) groups is 5. The molecule has 0 rings (SSSR count). The lowest BCUT2D eigenvalue weighted by molar-refractivity contribution is -0.143. The quantitative estimate of drug-likeness (QED) is 0.0425. The van der Waals surface area contributed by atoms with Crippen LogP contribution in [0.2, 0.25) is 0 Å². The summed E-state index contributed by atoms with van der Waals surface area (Å²) in [5, 5.41) is 34.3. The van der Waals surface area contributed by atoms with Crippen LogP contribution in [-0.4, -0.2) is 94.0 Å². The summed E-state index contributed by atoms with van der Waals surface area (Å²) in [5.41, 5.74) is 15.9. The van der Waals surface area contributed by atoms with E-state index in [2.05, 4.69) is 33.6 Å². The molecule has 0 aromatic carbocycles. The number of nitrogens with zero attached hydrogens (tertiary/aromatic N) is 1. The Morgan fingerprint density at radius 3 is 1.91 bits per heavy atom. The molecule has 33 heavy (non-hydrogen) atoms. The number of hydrogen-bond donors (Lipinski definition) is 10. The van der Waals surface area contributed by atoms with Gasteiger partial charge in [-0.1, -0.05) is 0 Å². The van der Waals surface area contributed by atoms with Crippen molar-refractivity contribution in [3.05, 3.63) is 0 Å². The molecule has 0 aliphatic rings. The molecule has 0 spiro atoms. The van der Waals surface area contributed by atoms with Gasteiger partial charge < -0.3 is 48.5 Å². The Morgan fingerprint density at radius 1 is 0.879 bits per heavy atom. The highest BCUT2D eigenvalue weighted by molar-refractivity contribution is 7.80. The summed E-state index contributed by atoms with van der Waals surface area (Å²) >= 11 is 3.85. The number of carbonyl (C=O) groups excluding carboxylic acids is 3. The van der Waals surface area contributed by atoms with Crippen molar-refractivity contribution in [2.75, 3.05) is 18.9 Å². The monoisotopic (exact) mass is 493 g/mol. The average Bonchev–Trinajstić information content (AvgIpc) is 2.75. The van der Waals surface area contributed by atoms with Gasteiger partial charge in [-0.2, -0.15) is 12.6 Å². The van der Waals surface area contributed by atoms with E-state index in [1.54, 1.807) is 0 Å². The summed E-state index contributed by atoms with van der Waals surface area (Å²) in [5.74, 6) is -5.58. The summed E-state index contributed by atoms with van der Waals surface area (Å²) in [6.07, 6.45) is -0.740. The van der Waals surface area contributed by atoms with Crippen LogP contribution in [0.4, 0.5) is 0 Å². The van der Waals surface area contributed by atoms with E-state index in [9.17, 15) is 34.2 Å². The lowest BCUT2D eigenvalue weighted by atomic mass is 10.1. The number of thiol groups is 1.